The molecule has 0 saturated carbocycles. The number of nitrogens with zero attached hydrogens (tertiary/aromatic N) is 5. The van der Waals surface area contributed by atoms with Crippen molar-refractivity contribution in [1.82, 2.24) is 25.0 Å². The van der Waals surface area contributed by atoms with Crippen molar-refractivity contribution in [3.63, 3.8) is 0 Å². The van der Waals surface area contributed by atoms with E-state index < -0.39 is 5.97 Å². The Labute approximate surface area is 117 Å². The zero-order valence-corrected chi connectivity index (χ0v) is 11.7. The van der Waals surface area contributed by atoms with Gasteiger partial charge in [-0.05, 0) is 0 Å². The Hall–Kier alpha value is -1.68. The van der Waals surface area contributed by atoms with E-state index in [-0.39, 0.29) is 5.75 Å². The highest BCUT2D eigenvalue weighted by Crippen LogP contribution is 2.24. The van der Waals surface area contributed by atoms with Crippen LogP contribution in [0.3, 0.4) is 0 Å². The lowest BCUT2D eigenvalue weighted by molar-refractivity contribution is -0.133. The summed E-state index contributed by atoms with van der Waals surface area (Å²) in [5.41, 5.74) is 0. The van der Waals surface area contributed by atoms with Crippen molar-refractivity contribution in [2.45, 2.75) is 10.8 Å². The smallest absolute Gasteiger partial charge is 0.313 e. The fourth-order valence-corrected chi connectivity index (χ4v) is 2.74. The van der Waals surface area contributed by atoms with Gasteiger partial charge in [0.05, 0.1) is 5.75 Å². The number of aliphatic carboxylic acids is 1. The first-order valence-corrected chi connectivity index (χ1v) is 7.20. The third-order valence-electron chi connectivity index (χ3n) is 2.00. The number of aromatic nitrogens is 5. The average molecular weight is 300 g/mol. The minimum atomic E-state index is -0.865. The molecule has 19 heavy (non-hydrogen) atoms. The zero-order valence-electron chi connectivity index (χ0n) is 10.1. The van der Waals surface area contributed by atoms with Crippen molar-refractivity contribution >= 4 is 34.2 Å². The lowest BCUT2D eigenvalue weighted by atomic mass is 10.4. The van der Waals surface area contributed by atoms with Crippen LogP contribution in [0.2, 0.25) is 0 Å². The van der Waals surface area contributed by atoms with E-state index in [0.29, 0.717) is 22.4 Å². The van der Waals surface area contributed by atoms with Crippen molar-refractivity contribution in [3.8, 4) is 0 Å². The number of rotatable bonds is 7. The molecule has 2 N–H and O–H groups in total. The zero-order chi connectivity index (χ0) is 13.7. The van der Waals surface area contributed by atoms with Gasteiger partial charge in [0.1, 0.15) is 6.33 Å². The number of nitrogens with one attached hydrogen (secondary N) is 1. The molecule has 0 fully saturated rings. The molecule has 0 aliphatic rings. The van der Waals surface area contributed by atoms with Gasteiger partial charge in [-0.3, -0.25) is 9.48 Å². The van der Waals surface area contributed by atoms with Gasteiger partial charge in [-0.2, -0.15) is 5.10 Å². The van der Waals surface area contributed by atoms with Crippen molar-refractivity contribution < 1.29 is 9.90 Å². The number of thioether (sulfide) groups is 1. The number of carboxylic acids is 1. The average Bonchev–Trinajstić information content (AvgIpc) is 2.96. The molecule has 0 aromatic carbocycles. The van der Waals surface area contributed by atoms with E-state index >= 15 is 0 Å². The molecule has 0 spiro atoms. The third-order valence-corrected chi connectivity index (χ3v) is 4.00. The molecule has 0 saturated heterocycles. The van der Waals surface area contributed by atoms with Gasteiger partial charge in [0.2, 0.25) is 5.13 Å². The van der Waals surface area contributed by atoms with Crippen molar-refractivity contribution in [3.05, 3.63) is 12.2 Å². The van der Waals surface area contributed by atoms with Gasteiger partial charge in [0, 0.05) is 20.0 Å². The van der Waals surface area contributed by atoms with Crippen LogP contribution in [0.1, 0.15) is 5.82 Å². The Morgan fingerprint density at radius 3 is 3.11 bits per heavy atom. The molecule has 0 unspecified atom stereocenters. The largest absolute Gasteiger partial charge is 0.481 e. The van der Waals surface area contributed by atoms with E-state index in [0.717, 1.165) is 17.6 Å². The maximum atomic E-state index is 10.4. The van der Waals surface area contributed by atoms with Crippen LogP contribution in [-0.2, 0) is 18.3 Å². The van der Waals surface area contributed by atoms with E-state index in [4.69, 9.17) is 5.11 Å². The maximum Gasteiger partial charge on any atom is 0.313 e. The maximum absolute atomic E-state index is 10.4. The van der Waals surface area contributed by atoms with Crippen LogP contribution in [0.15, 0.2) is 10.7 Å². The predicted octanol–water partition coefficient (Wildman–Crippen LogP) is 0.498. The minimum absolute atomic E-state index is 0.00745. The van der Waals surface area contributed by atoms with Crippen molar-refractivity contribution in [2.75, 3.05) is 17.6 Å². The van der Waals surface area contributed by atoms with Crippen LogP contribution in [0.25, 0.3) is 0 Å². The van der Waals surface area contributed by atoms with Crippen LogP contribution in [0.5, 0.6) is 0 Å². The Bertz CT molecular complexity index is 554. The predicted molar refractivity (Wildman–Crippen MR) is 71.5 cm³/mol. The van der Waals surface area contributed by atoms with Crippen LogP contribution in [0, 0.1) is 0 Å². The fourth-order valence-electron chi connectivity index (χ4n) is 1.24. The molecule has 0 radical (unpaired) electrons. The number of carboxylic acid groups (broad SMARTS) is 1. The second kappa shape index (κ2) is 6.48. The molecule has 0 amide bonds. The Kier molecular flexibility index (Phi) is 4.68. The first-order valence-electron chi connectivity index (χ1n) is 5.40. The first-order chi connectivity index (χ1) is 9.13. The topological polar surface area (TPSA) is 106 Å². The highest BCUT2D eigenvalue weighted by atomic mass is 32.2. The SMILES string of the molecule is Cn1cnc(CCNc2nnc(SCC(=O)O)s2)n1. The van der Waals surface area contributed by atoms with E-state index in [1.807, 2.05) is 7.05 Å². The number of hydrogen-bond acceptors (Lipinski definition) is 8. The molecular formula is C9H12N6O2S2. The van der Waals surface area contributed by atoms with Gasteiger partial charge < -0.3 is 10.4 Å². The van der Waals surface area contributed by atoms with Gasteiger partial charge in [-0.25, -0.2) is 4.98 Å². The monoisotopic (exact) mass is 300 g/mol. The van der Waals surface area contributed by atoms with Crippen molar-refractivity contribution in [1.29, 1.82) is 0 Å². The summed E-state index contributed by atoms with van der Waals surface area (Å²) in [6.07, 6.45) is 2.35. The van der Waals surface area contributed by atoms with Crippen LogP contribution >= 0.6 is 23.1 Å². The molecule has 102 valence electrons. The summed E-state index contributed by atoms with van der Waals surface area (Å²) in [6.45, 7) is 0.655. The second-order valence-corrected chi connectivity index (χ2v) is 5.77. The van der Waals surface area contributed by atoms with E-state index in [2.05, 4.69) is 25.6 Å². The molecule has 2 aromatic rings. The molecular weight excluding hydrogens is 288 g/mol. The van der Waals surface area contributed by atoms with Gasteiger partial charge in [-0.15, -0.1) is 10.2 Å². The van der Waals surface area contributed by atoms with Crippen molar-refractivity contribution in [2.24, 2.45) is 7.05 Å². The quantitative estimate of drug-likeness (QED) is 0.712. The van der Waals surface area contributed by atoms with Gasteiger partial charge in [0.25, 0.3) is 0 Å². The molecule has 2 aromatic heterocycles. The Balaban J connectivity index is 1.75. The lowest BCUT2D eigenvalue weighted by Gasteiger charge is -1.97. The molecule has 10 heteroatoms. The Morgan fingerprint density at radius 2 is 2.42 bits per heavy atom. The highest BCUT2D eigenvalue weighted by Gasteiger charge is 2.07. The van der Waals surface area contributed by atoms with E-state index in [1.54, 1.807) is 11.0 Å². The molecule has 0 bridgehead atoms. The van der Waals surface area contributed by atoms with Gasteiger partial charge in [0.15, 0.2) is 10.2 Å². The highest BCUT2D eigenvalue weighted by molar-refractivity contribution is 8.01. The van der Waals surface area contributed by atoms with Crippen LogP contribution in [-0.4, -0.2) is 48.3 Å². The number of hydrogen-bond donors (Lipinski definition) is 2. The summed E-state index contributed by atoms with van der Waals surface area (Å²) in [7, 11) is 1.82. The van der Waals surface area contributed by atoms with E-state index in [9.17, 15) is 4.79 Å². The van der Waals surface area contributed by atoms with Crippen LogP contribution < -0.4 is 5.32 Å². The van der Waals surface area contributed by atoms with E-state index in [1.165, 1.54) is 11.3 Å². The molecule has 0 aliphatic heterocycles. The fraction of sp³-hybridized carbons (Fsp3) is 0.444. The summed E-state index contributed by atoms with van der Waals surface area (Å²) >= 11 is 2.50. The summed E-state index contributed by atoms with van der Waals surface area (Å²) in [6, 6.07) is 0. The second-order valence-electron chi connectivity index (χ2n) is 3.57. The molecule has 0 atom stereocenters. The number of aryl methyl sites for hydroxylation is 1. The summed E-state index contributed by atoms with van der Waals surface area (Å²) in [4.78, 5) is 14.5. The van der Waals surface area contributed by atoms with Gasteiger partial charge >= 0.3 is 5.97 Å². The molecule has 2 rings (SSSR count). The molecule has 0 aliphatic carbocycles. The summed E-state index contributed by atoms with van der Waals surface area (Å²) < 4.78 is 2.29. The number of anilines is 1. The minimum Gasteiger partial charge on any atom is -0.481 e. The summed E-state index contributed by atoms with van der Waals surface area (Å²) in [5.74, 6) is -0.108. The standard InChI is InChI=1S/C9H12N6O2S2/c1-15-5-11-6(14-15)2-3-10-8-12-13-9(19-8)18-4-7(16)17/h5H,2-4H2,1H3,(H,10,12)(H,16,17). The number of carbonyl (C=O) groups is 1. The lowest BCUT2D eigenvalue weighted by Crippen LogP contribution is -2.06. The first kappa shape index (κ1) is 13.7. The van der Waals surface area contributed by atoms with Crippen LogP contribution in [0.4, 0.5) is 5.13 Å². The van der Waals surface area contributed by atoms with Gasteiger partial charge in [-0.1, -0.05) is 23.1 Å². The summed E-state index contributed by atoms with van der Waals surface area (Å²) in [5, 5.41) is 24.3. The molecule has 8 nitrogen and oxygen atoms in total. The molecule has 2 heterocycles. The third kappa shape index (κ3) is 4.48. The Morgan fingerprint density at radius 1 is 1.58 bits per heavy atom. The normalized spacial score (nSPS) is 10.6.